The molecule has 1 heterocycles. The van der Waals surface area contributed by atoms with Gasteiger partial charge in [0.1, 0.15) is 23.0 Å². The average molecular weight is 567 g/mol. The van der Waals surface area contributed by atoms with Crippen LogP contribution in [0.1, 0.15) is 47.9 Å². The lowest BCUT2D eigenvalue weighted by Crippen LogP contribution is -2.58. The number of methoxy groups -OCH3 is 4. The van der Waals surface area contributed by atoms with Gasteiger partial charge in [-0.15, -0.1) is 0 Å². The largest absolute Gasteiger partial charge is 0.497 e. The van der Waals surface area contributed by atoms with E-state index < -0.39 is 11.2 Å². The summed E-state index contributed by atoms with van der Waals surface area (Å²) in [4.78, 5) is 13.9. The van der Waals surface area contributed by atoms with Gasteiger partial charge in [0.25, 0.3) is 0 Å². The monoisotopic (exact) mass is 566 g/mol. The van der Waals surface area contributed by atoms with Crippen molar-refractivity contribution in [3.8, 4) is 23.0 Å². The van der Waals surface area contributed by atoms with Crippen LogP contribution < -0.4 is 18.9 Å². The predicted molar refractivity (Wildman–Crippen MR) is 161 cm³/mol. The SMILES string of the molecule is COc1ccc(C2(c3ccc(OC)cc3)OOC(c3ccc(OC)cc3)(c3ccc(OC)cc3)C3CCCCC32)cc1. The molecule has 6 rings (SSSR count). The second-order valence-electron chi connectivity index (χ2n) is 11.0. The first-order valence-corrected chi connectivity index (χ1v) is 14.5. The number of ether oxygens (including phenoxy) is 4. The lowest BCUT2D eigenvalue weighted by atomic mass is 9.57. The van der Waals surface area contributed by atoms with E-state index in [4.69, 9.17) is 28.7 Å². The molecule has 0 N–H and O–H groups in total. The normalized spacial score (nSPS) is 20.7. The van der Waals surface area contributed by atoms with Gasteiger partial charge in [0, 0.05) is 11.8 Å². The van der Waals surface area contributed by atoms with Crippen LogP contribution in [0.3, 0.4) is 0 Å². The molecular formula is C36H38O6. The van der Waals surface area contributed by atoms with E-state index in [1.807, 2.05) is 48.5 Å². The Morgan fingerprint density at radius 2 is 0.667 bits per heavy atom. The lowest BCUT2D eigenvalue weighted by Gasteiger charge is -2.57. The molecular weight excluding hydrogens is 528 g/mol. The zero-order chi connectivity index (χ0) is 29.2. The van der Waals surface area contributed by atoms with Crippen molar-refractivity contribution in [1.82, 2.24) is 0 Å². The first kappa shape index (κ1) is 28.1. The van der Waals surface area contributed by atoms with Gasteiger partial charge in [0.05, 0.1) is 28.4 Å². The van der Waals surface area contributed by atoms with E-state index in [0.29, 0.717) is 0 Å². The summed E-state index contributed by atoms with van der Waals surface area (Å²) in [6.07, 6.45) is 4.19. The van der Waals surface area contributed by atoms with Gasteiger partial charge in [-0.05, 0) is 83.6 Å². The summed E-state index contributed by atoms with van der Waals surface area (Å²) in [7, 11) is 6.74. The molecule has 0 spiro atoms. The molecule has 4 aromatic carbocycles. The molecule has 0 bridgehead atoms. The van der Waals surface area contributed by atoms with Gasteiger partial charge in [0.2, 0.25) is 0 Å². The molecule has 2 aliphatic rings. The molecule has 1 aliphatic heterocycles. The number of hydrogen-bond acceptors (Lipinski definition) is 6. The fraction of sp³-hybridized carbons (Fsp3) is 0.333. The quantitative estimate of drug-likeness (QED) is 0.204. The second-order valence-corrected chi connectivity index (χ2v) is 11.0. The topological polar surface area (TPSA) is 55.4 Å². The Morgan fingerprint density at radius 1 is 0.429 bits per heavy atom. The Balaban J connectivity index is 1.57. The molecule has 0 amide bonds. The maximum Gasteiger partial charge on any atom is 0.157 e. The van der Waals surface area contributed by atoms with Gasteiger partial charge in [-0.3, -0.25) is 0 Å². The van der Waals surface area contributed by atoms with Crippen LogP contribution in [0, 0.1) is 11.8 Å². The molecule has 2 fully saturated rings. The van der Waals surface area contributed by atoms with Crippen LogP contribution >= 0.6 is 0 Å². The second kappa shape index (κ2) is 11.7. The lowest BCUT2D eigenvalue weighted by molar-refractivity contribution is -0.464. The van der Waals surface area contributed by atoms with E-state index in [9.17, 15) is 0 Å². The zero-order valence-electron chi connectivity index (χ0n) is 24.7. The van der Waals surface area contributed by atoms with Crippen molar-refractivity contribution in [1.29, 1.82) is 0 Å². The molecule has 6 heteroatoms. The van der Waals surface area contributed by atoms with E-state index in [1.54, 1.807) is 28.4 Å². The summed E-state index contributed by atoms with van der Waals surface area (Å²) in [6, 6.07) is 32.8. The molecule has 1 saturated carbocycles. The van der Waals surface area contributed by atoms with Crippen molar-refractivity contribution in [2.45, 2.75) is 36.9 Å². The molecule has 1 saturated heterocycles. The Bertz CT molecular complexity index is 1250. The Hall–Kier alpha value is -4.00. The Labute approximate surface area is 248 Å². The smallest absolute Gasteiger partial charge is 0.157 e. The predicted octanol–water partition coefficient (Wildman–Crippen LogP) is 7.68. The molecule has 0 aromatic heterocycles. The maximum absolute atomic E-state index is 6.95. The summed E-state index contributed by atoms with van der Waals surface area (Å²) in [5, 5.41) is 0. The number of fused-ring (bicyclic) bond motifs is 1. The highest BCUT2D eigenvalue weighted by molar-refractivity contribution is 5.47. The molecule has 6 nitrogen and oxygen atoms in total. The van der Waals surface area contributed by atoms with Gasteiger partial charge in [-0.2, -0.15) is 0 Å². The van der Waals surface area contributed by atoms with Gasteiger partial charge in [-0.1, -0.05) is 61.4 Å². The van der Waals surface area contributed by atoms with E-state index in [-0.39, 0.29) is 11.8 Å². The van der Waals surface area contributed by atoms with Crippen LogP contribution in [0.25, 0.3) is 0 Å². The van der Waals surface area contributed by atoms with Crippen molar-refractivity contribution in [3.05, 3.63) is 119 Å². The van der Waals surface area contributed by atoms with E-state index in [1.165, 1.54) is 0 Å². The third-order valence-corrected chi connectivity index (χ3v) is 9.19. The van der Waals surface area contributed by atoms with Crippen LogP contribution in [0.15, 0.2) is 97.1 Å². The molecule has 218 valence electrons. The highest BCUT2D eigenvalue weighted by Crippen LogP contribution is 2.61. The average Bonchev–Trinajstić information content (AvgIpc) is 3.08. The molecule has 1 aliphatic carbocycles. The first-order valence-electron chi connectivity index (χ1n) is 14.5. The number of rotatable bonds is 8. The van der Waals surface area contributed by atoms with Crippen molar-refractivity contribution in [2.75, 3.05) is 28.4 Å². The zero-order valence-corrected chi connectivity index (χ0v) is 24.7. The van der Waals surface area contributed by atoms with Crippen LogP contribution in [-0.2, 0) is 21.0 Å². The van der Waals surface area contributed by atoms with Gasteiger partial charge >= 0.3 is 0 Å². The highest BCUT2D eigenvalue weighted by Gasteiger charge is 2.61. The van der Waals surface area contributed by atoms with Crippen LogP contribution in [0.5, 0.6) is 23.0 Å². The number of hydrogen-bond donors (Lipinski definition) is 0. The standard InChI is InChI=1S/C36H38O6/c1-37-29-17-9-25(10-18-29)35(26-11-19-30(38-2)20-12-26)33-7-5-6-8-34(33)36(42-41-35,27-13-21-31(39-3)22-14-27)28-15-23-32(40-4)24-16-28/h9-24,33-34H,5-8H2,1-4H3. The minimum Gasteiger partial charge on any atom is -0.497 e. The third kappa shape index (κ3) is 4.59. The summed E-state index contributed by atoms with van der Waals surface area (Å²) in [5.74, 6) is 3.40. The maximum atomic E-state index is 6.95. The van der Waals surface area contributed by atoms with Crippen molar-refractivity contribution in [2.24, 2.45) is 11.8 Å². The Kier molecular flexibility index (Phi) is 7.84. The third-order valence-electron chi connectivity index (χ3n) is 9.19. The van der Waals surface area contributed by atoms with Crippen molar-refractivity contribution < 1.29 is 28.7 Å². The van der Waals surface area contributed by atoms with E-state index in [2.05, 4.69) is 48.5 Å². The molecule has 0 radical (unpaired) electrons. The number of benzene rings is 4. The summed E-state index contributed by atoms with van der Waals surface area (Å²) >= 11 is 0. The molecule has 2 unspecified atom stereocenters. The van der Waals surface area contributed by atoms with E-state index >= 15 is 0 Å². The van der Waals surface area contributed by atoms with Crippen LogP contribution in [-0.4, -0.2) is 28.4 Å². The highest BCUT2D eigenvalue weighted by atomic mass is 17.2. The van der Waals surface area contributed by atoms with Gasteiger partial charge in [0.15, 0.2) is 11.2 Å². The van der Waals surface area contributed by atoms with Gasteiger partial charge < -0.3 is 18.9 Å². The van der Waals surface area contributed by atoms with E-state index in [0.717, 1.165) is 70.9 Å². The molecule has 42 heavy (non-hydrogen) atoms. The molecule has 4 aromatic rings. The fourth-order valence-electron chi connectivity index (χ4n) is 7.10. The summed E-state index contributed by atoms with van der Waals surface area (Å²) in [6.45, 7) is 0. The minimum absolute atomic E-state index is 0.103. The van der Waals surface area contributed by atoms with Crippen molar-refractivity contribution in [3.63, 3.8) is 0 Å². The van der Waals surface area contributed by atoms with Crippen LogP contribution in [0.2, 0.25) is 0 Å². The molecule has 2 atom stereocenters. The first-order chi connectivity index (χ1) is 20.6. The summed E-state index contributed by atoms with van der Waals surface area (Å²) in [5.41, 5.74) is 2.44. The van der Waals surface area contributed by atoms with Gasteiger partial charge in [-0.25, -0.2) is 9.78 Å². The Morgan fingerprint density at radius 3 is 0.881 bits per heavy atom. The van der Waals surface area contributed by atoms with Crippen molar-refractivity contribution >= 4 is 0 Å². The minimum atomic E-state index is -0.841. The summed E-state index contributed by atoms with van der Waals surface area (Å²) < 4.78 is 22.0. The fourth-order valence-corrected chi connectivity index (χ4v) is 7.10. The van der Waals surface area contributed by atoms with Crippen LogP contribution in [0.4, 0.5) is 0 Å².